The molecule has 0 aliphatic carbocycles. The normalized spacial score (nSPS) is 15.3. The van der Waals surface area contributed by atoms with Gasteiger partial charge in [-0.05, 0) is 31.0 Å². The molecule has 2 N–H and O–H groups in total. The largest absolute Gasteiger partial charge is 0.495 e. The van der Waals surface area contributed by atoms with Crippen LogP contribution in [0.15, 0.2) is 76.5 Å². The Morgan fingerprint density at radius 1 is 1.15 bits per heavy atom. The standard InChI is InChI=1S/C26H27N3O4S/c1-4-14-33-22(30)16-34-26-19(15-27)24(18-10-6-5-7-11-18)23(17(2)28-26)25(31)29-20-12-8-9-13-21(20)32-3/h5-13,24,28H,4,14,16H2,1-3H3,(H,29,31)/t24-/m1/s1. The fourth-order valence-corrected chi connectivity index (χ4v) is 4.52. The molecule has 0 saturated carbocycles. The number of anilines is 1. The molecule has 0 radical (unpaired) electrons. The number of nitrogens with zero attached hydrogens (tertiary/aromatic N) is 1. The first-order valence-corrected chi connectivity index (χ1v) is 11.9. The molecule has 0 aromatic heterocycles. The van der Waals surface area contributed by atoms with Crippen LogP contribution in [0, 0.1) is 11.3 Å². The zero-order chi connectivity index (χ0) is 24.5. The number of hydrogen-bond donors (Lipinski definition) is 2. The van der Waals surface area contributed by atoms with E-state index >= 15 is 0 Å². The Morgan fingerprint density at radius 2 is 1.85 bits per heavy atom. The van der Waals surface area contributed by atoms with E-state index in [4.69, 9.17) is 9.47 Å². The second-order valence-corrected chi connectivity index (χ2v) is 8.51. The van der Waals surface area contributed by atoms with Crippen LogP contribution in [0.2, 0.25) is 0 Å². The molecule has 2 aromatic carbocycles. The molecule has 1 aliphatic heterocycles. The molecule has 34 heavy (non-hydrogen) atoms. The number of hydrogen-bond acceptors (Lipinski definition) is 7. The minimum atomic E-state index is -0.601. The topological polar surface area (TPSA) is 100 Å². The van der Waals surface area contributed by atoms with Crippen LogP contribution in [-0.2, 0) is 14.3 Å². The molecule has 2 aromatic rings. The van der Waals surface area contributed by atoms with Crippen LogP contribution >= 0.6 is 11.8 Å². The van der Waals surface area contributed by atoms with Gasteiger partial charge in [-0.3, -0.25) is 9.59 Å². The molecule has 176 valence electrons. The first-order valence-electron chi connectivity index (χ1n) is 10.9. The van der Waals surface area contributed by atoms with Crippen molar-refractivity contribution >= 4 is 29.3 Å². The van der Waals surface area contributed by atoms with E-state index in [0.717, 1.165) is 12.0 Å². The molecule has 7 nitrogen and oxygen atoms in total. The van der Waals surface area contributed by atoms with Gasteiger partial charge in [0.2, 0.25) is 0 Å². The maximum Gasteiger partial charge on any atom is 0.316 e. The number of esters is 1. The van der Waals surface area contributed by atoms with Gasteiger partial charge >= 0.3 is 5.97 Å². The number of carbonyl (C=O) groups is 2. The third kappa shape index (κ3) is 5.80. The third-order valence-corrected chi connectivity index (χ3v) is 6.17. The molecule has 1 amide bonds. The summed E-state index contributed by atoms with van der Waals surface area (Å²) in [5.74, 6) is -0.702. The molecule has 1 heterocycles. The number of carbonyl (C=O) groups excluding carboxylic acids is 2. The van der Waals surface area contributed by atoms with Crippen molar-refractivity contribution in [3.05, 3.63) is 82.0 Å². The van der Waals surface area contributed by atoms with E-state index in [1.165, 1.54) is 18.9 Å². The van der Waals surface area contributed by atoms with Crippen LogP contribution in [0.3, 0.4) is 0 Å². The van der Waals surface area contributed by atoms with E-state index in [0.29, 0.717) is 39.9 Å². The average molecular weight is 478 g/mol. The summed E-state index contributed by atoms with van der Waals surface area (Å²) in [5, 5.41) is 16.7. The van der Waals surface area contributed by atoms with Gasteiger partial charge in [0.15, 0.2) is 0 Å². The number of benzene rings is 2. The molecule has 8 heteroatoms. The summed E-state index contributed by atoms with van der Waals surface area (Å²) < 4.78 is 10.5. The van der Waals surface area contributed by atoms with E-state index in [1.54, 1.807) is 25.1 Å². The molecule has 1 aliphatic rings. The van der Waals surface area contributed by atoms with Gasteiger partial charge in [-0.25, -0.2) is 0 Å². The summed E-state index contributed by atoms with van der Waals surface area (Å²) in [7, 11) is 1.54. The lowest BCUT2D eigenvalue weighted by Crippen LogP contribution is -2.31. The van der Waals surface area contributed by atoms with Crippen molar-refractivity contribution in [3.63, 3.8) is 0 Å². The second-order valence-electron chi connectivity index (χ2n) is 7.53. The monoisotopic (exact) mass is 477 g/mol. The third-order valence-electron chi connectivity index (χ3n) is 5.18. The van der Waals surface area contributed by atoms with E-state index in [2.05, 4.69) is 16.7 Å². The Kier molecular flexibility index (Phi) is 8.77. The zero-order valence-electron chi connectivity index (χ0n) is 19.4. The lowest BCUT2D eigenvalue weighted by Gasteiger charge is -2.30. The predicted octanol–water partition coefficient (Wildman–Crippen LogP) is 4.72. The van der Waals surface area contributed by atoms with Crippen molar-refractivity contribution in [2.45, 2.75) is 26.2 Å². The van der Waals surface area contributed by atoms with Gasteiger partial charge in [0.05, 0.1) is 47.7 Å². The Labute approximate surface area is 203 Å². The Balaban J connectivity index is 1.97. The number of para-hydroxylation sites is 2. The van der Waals surface area contributed by atoms with Gasteiger partial charge < -0.3 is 20.1 Å². The van der Waals surface area contributed by atoms with Crippen molar-refractivity contribution in [2.24, 2.45) is 0 Å². The number of methoxy groups -OCH3 is 1. The fourth-order valence-electron chi connectivity index (χ4n) is 3.63. The van der Waals surface area contributed by atoms with Gasteiger partial charge in [0, 0.05) is 11.3 Å². The van der Waals surface area contributed by atoms with Crippen LogP contribution < -0.4 is 15.4 Å². The number of allylic oxidation sites excluding steroid dienone is 2. The van der Waals surface area contributed by atoms with Crippen molar-refractivity contribution in [1.82, 2.24) is 5.32 Å². The van der Waals surface area contributed by atoms with Crippen molar-refractivity contribution in [3.8, 4) is 11.8 Å². The number of thioether (sulfide) groups is 1. The number of ether oxygens (including phenoxy) is 2. The Morgan fingerprint density at radius 3 is 2.53 bits per heavy atom. The highest BCUT2D eigenvalue weighted by Crippen LogP contribution is 2.41. The minimum absolute atomic E-state index is 0.0606. The Bertz CT molecular complexity index is 1150. The van der Waals surface area contributed by atoms with Gasteiger partial charge in [0.1, 0.15) is 5.75 Å². The van der Waals surface area contributed by atoms with Crippen molar-refractivity contribution in [2.75, 3.05) is 24.8 Å². The highest BCUT2D eigenvalue weighted by atomic mass is 32.2. The van der Waals surface area contributed by atoms with Crippen LogP contribution in [-0.4, -0.2) is 31.3 Å². The van der Waals surface area contributed by atoms with Crippen LogP contribution in [0.25, 0.3) is 0 Å². The van der Waals surface area contributed by atoms with Gasteiger partial charge in [-0.15, -0.1) is 0 Å². The van der Waals surface area contributed by atoms with Crippen molar-refractivity contribution in [1.29, 1.82) is 5.26 Å². The Hall–Kier alpha value is -3.70. The highest BCUT2D eigenvalue weighted by molar-refractivity contribution is 8.03. The number of dihydropyridines is 1. The maximum absolute atomic E-state index is 13.5. The summed E-state index contributed by atoms with van der Waals surface area (Å²) in [6.07, 6.45) is 0.739. The molecule has 1 atom stereocenters. The van der Waals surface area contributed by atoms with E-state index in [1.807, 2.05) is 43.3 Å². The van der Waals surface area contributed by atoms with Crippen molar-refractivity contribution < 1.29 is 19.1 Å². The van der Waals surface area contributed by atoms with Gasteiger partial charge in [-0.2, -0.15) is 5.26 Å². The van der Waals surface area contributed by atoms with E-state index < -0.39 is 5.92 Å². The summed E-state index contributed by atoms with van der Waals surface area (Å²) in [4.78, 5) is 25.5. The molecular formula is C26H27N3O4S. The minimum Gasteiger partial charge on any atom is -0.495 e. The first-order chi connectivity index (χ1) is 16.5. The van der Waals surface area contributed by atoms with Gasteiger partial charge in [-0.1, -0.05) is 61.2 Å². The number of amides is 1. The number of rotatable bonds is 9. The van der Waals surface area contributed by atoms with E-state index in [-0.39, 0.29) is 17.6 Å². The van der Waals surface area contributed by atoms with E-state index in [9.17, 15) is 14.9 Å². The summed E-state index contributed by atoms with van der Waals surface area (Å²) >= 11 is 1.20. The summed E-state index contributed by atoms with van der Waals surface area (Å²) in [6.45, 7) is 4.07. The number of nitriles is 1. The smallest absolute Gasteiger partial charge is 0.316 e. The molecule has 3 rings (SSSR count). The highest BCUT2D eigenvalue weighted by Gasteiger charge is 2.35. The first kappa shape index (κ1) is 24.9. The molecule has 0 saturated heterocycles. The van der Waals surface area contributed by atoms with Crippen LogP contribution in [0.5, 0.6) is 5.75 Å². The quantitative estimate of drug-likeness (QED) is 0.504. The SMILES string of the molecule is CCCOC(=O)CSC1=C(C#N)[C@@H](c2ccccc2)C(C(=O)Nc2ccccc2OC)=C(C)N1. The maximum atomic E-state index is 13.5. The fraction of sp³-hybridized carbons (Fsp3) is 0.269. The molecule has 0 bridgehead atoms. The van der Waals surface area contributed by atoms with Crippen LogP contribution in [0.1, 0.15) is 31.7 Å². The molecule has 0 fully saturated rings. The van der Waals surface area contributed by atoms with Crippen LogP contribution in [0.4, 0.5) is 5.69 Å². The lowest BCUT2D eigenvalue weighted by atomic mass is 9.82. The lowest BCUT2D eigenvalue weighted by molar-refractivity contribution is -0.140. The molecular weight excluding hydrogens is 450 g/mol. The zero-order valence-corrected chi connectivity index (χ0v) is 20.2. The summed E-state index contributed by atoms with van der Waals surface area (Å²) in [6, 6.07) is 18.8. The van der Waals surface area contributed by atoms with Gasteiger partial charge in [0.25, 0.3) is 5.91 Å². The second kappa shape index (κ2) is 12.0. The average Bonchev–Trinajstić information content (AvgIpc) is 2.86. The predicted molar refractivity (Wildman–Crippen MR) is 133 cm³/mol. The number of nitrogens with one attached hydrogen (secondary N) is 2. The summed E-state index contributed by atoms with van der Waals surface area (Å²) in [5.41, 5.74) is 2.73. The molecule has 0 unspecified atom stereocenters. The molecule has 0 spiro atoms.